The SMILES string of the molecule is COc1cc(OC)cc(C(C)(C)NC(CCC(=O)OC(C)(C)C)C(=O)Oc2c(F)c(F)c(F)c(F)c2F)c1. The largest absolute Gasteiger partial charge is 0.497 e. The number of halogens is 5. The predicted octanol–water partition coefficient (Wildman–Crippen LogP) is 5.32. The monoisotopic (exact) mass is 547 g/mol. The summed E-state index contributed by atoms with van der Waals surface area (Å²) in [4.78, 5) is 25.3. The van der Waals surface area contributed by atoms with Crippen molar-refractivity contribution >= 4 is 11.9 Å². The lowest BCUT2D eigenvalue weighted by atomic mass is 9.92. The lowest BCUT2D eigenvalue weighted by Crippen LogP contribution is -2.49. The Morgan fingerprint density at radius 3 is 1.74 bits per heavy atom. The van der Waals surface area contributed by atoms with E-state index >= 15 is 0 Å². The maximum atomic E-state index is 14.2. The fourth-order valence-electron chi connectivity index (χ4n) is 3.44. The fraction of sp³-hybridized carbons (Fsp3) is 0.462. The summed E-state index contributed by atoms with van der Waals surface area (Å²) in [5, 5.41) is 2.93. The molecule has 0 bridgehead atoms. The molecule has 1 atom stereocenters. The van der Waals surface area contributed by atoms with Gasteiger partial charge in [-0.05, 0) is 58.7 Å². The van der Waals surface area contributed by atoms with Crippen LogP contribution in [0.25, 0.3) is 0 Å². The summed E-state index contributed by atoms with van der Waals surface area (Å²) in [5.41, 5.74) is -1.37. The van der Waals surface area contributed by atoms with Crippen LogP contribution in [0.15, 0.2) is 18.2 Å². The summed E-state index contributed by atoms with van der Waals surface area (Å²) >= 11 is 0. The van der Waals surface area contributed by atoms with Crippen molar-refractivity contribution < 1.29 is 50.5 Å². The summed E-state index contributed by atoms with van der Waals surface area (Å²) in [7, 11) is 2.87. The summed E-state index contributed by atoms with van der Waals surface area (Å²) in [6.07, 6.45) is -0.633. The van der Waals surface area contributed by atoms with Crippen molar-refractivity contribution in [2.75, 3.05) is 14.2 Å². The Morgan fingerprint density at radius 1 is 0.816 bits per heavy atom. The molecule has 210 valence electrons. The topological polar surface area (TPSA) is 83.1 Å². The van der Waals surface area contributed by atoms with Gasteiger partial charge in [-0.3, -0.25) is 10.1 Å². The molecule has 0 aliphatic heterocycles. The Morgan fingerprint density at radius 2 is 1.29 bits per heavy atom. The molecule has 1 N–H and O–H groups in total. The van der Waals surface area contributed by atoms with Crippen LogP contribution in [0.1, 0.15) is 53.0 Å². The van der Waals surface area contributed by atoms with Crippen molar-refractivity contribution in [1.29, 1.82) is 0 Å². The van der Waals surface area contributed by atoms with Gasteiger partial charge in [0.2, 0.25) is 34.8 Å². The van der Waals surface area contributed by atoms with Crippen LogP contribution in [0.2, 0.25) is 0 Å². The average Bonchev–Trinajstić information content (AvgIpc) is 2.84. The summed E-state index contributed by atoms with van der Waals surface area (Å²) in [6.45, 7) is 8.20. The first-order valence-electron chi connectivity index (χ1n) is 11.5. The van der Waals surface area contributed by atoms with Crippen LogP contribution in [0.3, 0.4) is 0 Å². The van der Waals surface area contributed by atoms with Crippen molar-refractivity contribution in [2.24, 2.45) is 0 Å². The Hall–Kier alpha value is -3.41. The highest BCUT2D eigenvalue weighted by molar-refractivity contribution is 5.79. The van der Waals surface area contributed by atoms with Gasteiger partial charge in [-0.25, -0.2) is 18.0 Å². The van der Waals surface area contributed by atoms with Gasteiger partial charge in [0.15, 0.2) is 0 Å². The van der Waals surface area contributed by atoms with E-state index in [0.717, 1.165) is 0 Å². The average molecular weight is 548 g/mol. The molecule has 0 amide bonds. The minimum absolute atomic E-state index is 0.298. The van der Waals surface area contributed by atoms with E-state index in [9.17, 15) is 31.5 Å². The van der Waals surface area contributed by atoms with Gasteiger partial charge in [-0.1, -0.05) is 0 Å². The van der Waals surface area contributed by atoms with Crippen molar-refractivity contribution in [2.45, 2.75) is 64.6 Å². The van der Waals surface area contributed by atoms with Gasteiger partial charge in [0.25, 0.3) is 0 Å². The maximum Gasteiger partial charge on any atom is 0.328 e. The second kappa shape index (κ2) is 12.0. The smallest absolute Gasteiger partial charge is 0.328 e. The van der Waals surface area contributed by atoms with E-state index in [4.69, 9.17) is 14.2 Å². The first-order chi connectivity index (χ1) is 17.5. The number of hydrogen-bond donors (Lipinski definition) is 1. The van der Waals surface area contributed by atoms with E-state index in [2.05, 4.69) is 10.1 Å². The van der Waals surface area contributed by atoms with E-state index in [0.29, 0.717) is 17.1 Å². The van der Waals surface area contributed by atoms with Crippen LogP contribution in [-0.4, -0.2) is 37.8 Å². The first kappa shape index (κ1) is 30.8. The Bertz CT molecular complexity index is 1140. The highest BCUT2D eigenvalue weighted by Gasteiger charge is 2.34. The van der Waals surface area contributed by atoms with Crippen molar-refractivity contribution in [3.8, 4) is 17.2 Å². The molecule has 0 aliphatic rings. The van der Waals surface area contributed by atoms with Gasteiger partial charge >= 0.3 is 11.9 Å². The zero-order valence-corrected chi connectivity index (χ0v) is 22.1. The third kappa shape index (κ3) is 7.56. The zero-order valence-electron chi connectivity index (χ0n) is 22.1. The molecule has 38 heavy (non-hydrogen) atoms. The number of carbonyl (C=O) groups excluding carboxylic acids is 2. The molecule has 2 aromatic carbocycles. The highest BCUT2D eigenvalue weighted by atomic mass is 19.2. The number of esters is 2. The van der Waals surface area contributed by atoms with Gasteiger partial charge in [0.05, 0.1) is 14.2 Å². The molecule has 0 aromatic heterocycles. The van der Waals surface area contributed by atoms with E-state index in [1.807, 2.05) is 0 Å². The maximum absolute atomic E-state index is 14.2. The Balaban J connectivity index is 2.43. The van der Waals surface area contributed by atoms with Crippen molar-refractivity contribution in [3.05, 3.63) is 52.8 Å². The van der Waals surface area contributed by atoms with E-state index in [-0.39, 0.29) is 12.8 Å². The molecular weight excluding hydrogens is 517 g/mol. The van der Waals surface area contributed by atoms with Crippen molar-refractivity contribution in [3.63, 3.8) is 0 Å². The molecule has 12 heteroatoms. The third-order valence-corrected chi connectivity index (χ3v) is 5.32. The van der Waals surface area contributed by atoms with E-state index in [1.54, 1.807) is 52.8 Å². The number of carbonyl (C=O) groups is 2. The van der Waals surface area contributed by atoms with Crippen molar-refractivity contribution in [1.82, 2.24) is 5.32 Å². The van der Waals surface area contributed by atoms with Crippen LogP contribution in [-0.2, 0) is 19.9 Å². The molecule has 0 saturated carbocycles. The molecule has 0 spiro atoms. The van der Waals surface area contributed by atoms with Crippen LogP contribution in [0.5, 0.6) is 17.2 Å². The van der Waals surface area contributed by atoms with Crippen LogP contribution >= 0.6 is 0 Å². The molecular formula is C26H30F5NO6. The predicted molar refractivity (Wildman–Crippen MR) is 126 cm³/mol. The second-order valence-electron chi connectivity index (χ2n) is 9.87. The minimum Gasteiger partial charge on any atom is -0.497 e. The zero-order chi connectivity index (χ0) is 29.0. The van der Waals surface area contributed by atoms with Crippen LogP contribution in [0, 0.1) is 29.1 Å². The number of benzene rings is 2. The van der Waals surface area contributed by atoms with Gasteiger partial charge < -0.3 is 18.9 Å². The summed E-state index contributed by atoms with van der Waals surface area (Å²) in [5.74, 6) is -14.5. The fourth-order valence-corrected chi connectivity index (χ4v) is 3.44. The molecule has 0 saturated heterocycles. The molecule has 0 radical (unpaired) electrons. The first-order valence-corrected chi connectivity index (χ1v) is 11.5. The summed E-state index contributed by atoms with van der Waals surface area (Å²) < 4.78 is 89.5. The van der Waals surface area contributed by atoms with Gasteiger partial charge in [-0.2, -0.15) is 8.78 Å². The van der Waals surface area contributed by atoms with E-state index in [1.165, 1.54) is 14.2 Å². The molecule has 0 heterocycles. The lowest BCUT2D eigenvalue weighted by Gasteiger charge is -2.32. The Labute approximate surface area is 217 Å². The highest BCUT2D eigenvalue weighted by Crippen LogP contribution is 2.32. The second-order valence-corrected chi connectivity index (χ2v) is 9.87. The summed E-state index contributed by atoms with van der Waals surface area (Å²) in [6, 6.07) is 3.42. The number of hydrogen-bond acceptors (Lipinski definition) is 7. The normalized spacial score (nSPS) is 12.6. The molecule has 1 unspecified atom stereocenters. The third-order valence-electron chi connectivity index (χ3n) is 5.32. The quantitative estimate of drug-likeness (QED) is 0.142. The number of ether oxygens (including phenoxy) is 4. The van der Waals surface area contributed by atoms with Gasteiger partial charge in [0.1, 0.15) is 23.1 Å². The molecule has 7 nitrogen and oxygen atoms in total. The Kier molecular flexibility index (Phi) is 9.71. The molecule has 0 fully saturated rings. The number of rotatable bonds is 10. The molecule has 0 aliphatic carbocycles. The van der Waals surface area contributed by atoms with Crippen LogP contribution in [0.4, 0.5) is 22.0 Å². The lowest BCUT2D eigenvalue weighted by molar-refractivity contribution is -0.155. The molecule has 2 rings (SSSR count). The van der Waals surface area contributed by atoms with Gasteiger partial charge in [0, 0.05) is 18.0 Å². The van der Waals surface area contributed by atoms with Gasteiger partial charge in [-0.15, -0.1) is 0 Å². The van der Waals surface area contributed by atoms with Crippen LogP contribution < -0.4 is 19.5 Å². The number of methoxy groups -OCH3 is 2. The number of nitrogens with one attached hydrogen (secondary N) is 1. The molecule has 2 aromatic rings. The van der Waals surface area contributed by atoms with E-state index < -0.39 is 64.0 Å². The minimum atomic E-state index is -2.40. The standard InChI is InChI=1S/C26H30F5NO6/c1-25(2,3)38-17(33)9-8-16(24(34)37-23-21(30)19(28)18(27)20(29)22(23)31)32-26(4,5)13-10-14(35-6)12-15(11-13)36-7/h10-12,16,32H,8-9H2,1-7H3.